The maximum atomic E-state index is 6.22. The topological polar surface area (TPSA) is 37.4 Å². The highest BCUT2D eigenvalue weighted by Crippen LogP contribution is 2.34. The third-order valence-electron chi connectivity index (χ3n) is 5.25. The van der Waals surface area contributed by atoms with Crippen molar-refractivity contribution < 1.29 is 4.74 Å². The lowest BCUT2D eigenvalue weighted by Crippen LogP contribution is -2.30. The average Bonchev–Trinajstić information content (AvgIpc) is 2.73. The van der Waals surface area contributed by atoms with E-state index < -0.39 is 0 Å². The molecule has 1 heterocycles. The van der Waals surface area contributed by atoms with Crippen molar-refractivity contribution in [1.82, 2.24) is 9.88 Å². The van der Waals surface area contributed by atoms with Crippen LogP contribution in [0.3, 0.4) is 0 Å². The summed E-state index contributed by atoms with van der Waals surface area (Å²) in [5, 5.41) is 6.51. The normalized spacial score (nSPS) is 12.6. The Labute approximate surface area is 193 Å². The first-order valence-corrected chi connectivity index (χ1v) is 11.7. The van der Waals surface area contributed by atoms with E-state index in [1.807, 2.05) is 36.4 Å². The SMILES string of the molecule is COc1ccc2nc3cc(Cl)ccc3c(N[C@H](C)CCCN(CCCl)CCCl)c2c1. The molecule has 7 heteroatoms. The molecule has 0 radical (unpaired) electrons. The fraction of sp³-hybridized carbons (Fsp3) is 0.435. The summed E-state index contributed by atoms with van der Waals surface area (Å²) in [4.78, 5) is 7.11. The monoisotopic (exact) mass is 467 g/mol. The molecule has 0 aliphatic heterocycles. The second-order valence-electron chi connectivity index (χ2n) is 7.44. The highest BCUT2D eigenvalue weighted by Gasteiger charge is 2.13. The quantitative estimate of drug-likeness (QED) is 0.260. The number of anilines is 1. The van der Waals surface area contributed by atoms with Crippen molar-refractivity contribution in [3.05, 3.63) is 41.4 Å². The molecule has 3 aromatic rings. The lowest BCUT2D eigenvalue weighted by Gasteiger charge is -2.22. The number of ether oxygens (including phenoxy) is 1. The molecule has 0 aliphatic rings. The molecule has 3 rings (SSSR count). The fourth-order valence-electron chi connectivity index (χ4n) is 3.69. The molecule has 0 unspecified atom stereocenters. The summed E-state index contributed by atoms with van der Waals surface area (Å²) in [6, 6.07) is 12.1. The zero-order valence-corrected chi connectivity index (χ0v) is 19.7. The summed E-state index contributed by atoms with van der Waals surface area (Å²) in [6.45, 7) is 4.95. The lowest BCUT2D eigenvalue weighted by molar-refractivity contribution is 0.298. The van der Waals surface area contributed by atoms with Crippen molar-refractivity contribution in [2.75, 3.05) is 43.8 Å². The molecule has 0 saturated carbocycles. The molecular formula is C23H28Cl3N3O. The molecular weight excluding hydrogens is 441 g/mol. The summed E-state index contributed by atoms with van der Waals surface area (Å²) in [5.41, 5.74) is 2.86. The standard InChI is InChI=1S/C23H28Cl3N3O/c1-16(4-3-11-29(12-9-24)13-10-25)27-23-19-7-5-17(26)14-22(19)28-21-8-6-18(30-2)15-20(21)23/h5-8,14-16H,3-4,9-13H2,1-2H3,(H,27,28)/t16-/m1/s1. The van der Waals surface area contributed by atoms with E-state index in [0.29, 0.717) is 16.8 Å². The van der Waals surface area contributed by atoms with Crippen molar-refractivity contribution in [3.8, 4) is 5.75 Å². The van der Waals surface area contributed by atoms with Crippen molar-refractivity contribution in [2.45, 2.75) is 25.8 Å². The number of aromatic nitrogens is 1. The number of methoxy groups -OCH3 is 1. The molecule has 1 atom stereocenters. The van der Waals surface area contributed by atoms with Crippen LogP contribution in [0.4, 0.5) is 5.69 Å². The number of benzene rings is 2. The Morgan fingerprint density at radius 3 is 2.47 bits per heavy atom. The van der Waals surface area contributed by atoms with Gasteiger partial charge in [0.25, 0.3) is 0 Å². The van der Waals surface area contributed by atoms with Gasteiger partial charge in [-0.15, -0.1) is 23.2 Å². The Kier molecular flexibility index (Phi) is 8.70. The summed E-state index contributed by atoms with van der Waals surface area (Å²) >= 11 is 18.0. The van der Waals surface area contributed by atoms with Crippen molar-refractivity contribution in [1.29, 1.82) is 0 Å². The third-order valence-corrected chi connectivity index (χ3v) is 5.82. The number of nitrogens with zero attached hydrogens (tertiary/aromatic N) is 2. The molecule has 162 valence electrons. The van der Waals surface area contributed by atoms with Gasteiger partial charge in [0, 0.05) is 46.7 Å². The molecule has 0 aliphatic carbocycles. The predicted molar refractivity (Wildman–Crippen MR) is 131 cm³/mol. The highest BCUT2D eigenvalue weighted by molar-refractivity contribution is 6.31. The molecule has 1 N–H and O–H groups in total. The predicted octanol–water partition coefficient (Wildman–Crippen LogP) is 6.41. The van der Waals surface area contributed by atoms with E-state index >= 15 is 0 Å². The number of rotatable bonds is 11. The smallest absolute Gasteiger partial charge is 0.119 e. The first-order valence-electron chi connectivity index (χ1n) is 10.2. The third kappa shape index (κ3) is 5.82. The number of alkyl halides is 2. The minimum atomic E-state index is 0.287. The van der Waals surface area contributed by atoms with E-state index in [9.17, 15) is 0 Å². The van der Waals surface area contributed by atoms with Gasteiger partial charge in [-0.05, 0) is 62.7 Å². The number of halogens is 3. The van der Waals surface area contributed by atoms with Gasteiger partial charge in [-0.1, -0.05) is 11.6 Å². The van der Waals surface area contributed by atoms with Gasteiger partial charge in [-0.3, -0.25) is 0 Å². The molecule has 0 fully saturated rings. The summed E-state index contributed by atoms with van der Waals surface area (Å²) < 4.78 is 5.45. The average molecular weight is 469 g/mol. The second kappa shape index (κ2) is 11.2. The molecule has 2 aromatic carbocycles. The molecule has 0 spiro atoms. The first kappa shape index (κ1) is 23.2. The second-order valence-corrected chi connectivity index (χ2v) is 8.63. The number of pyridine rings is 1. The van der Waals surface area contributed by atoms with E-state index in [2.05, 4.69) is 17.1 Å². The molecule has 30 heavy (non-hydrogen) atoms. The number of nitrogens with one attached hydrogen (secondary N) is 1. The van der Waals surface area contributed by atoms with Crippen molar-refractivity contribution in [2.24, 2.45) is 0 Å². The molecule has 4 nitrogen and oxygen atoms in total. The fourth-order valence-corrected chi connectivity index (χ4v) is 4.34. The van der Waals surface area contributed by atoms with Gasteiger partial charge < -0.3 is 15.0 Å². The Bertz CT molecular complexity index is 977. The molecule has 1 aromatic heterocycles. The maximum absolute atomic E-state index is 6.22. The first-order chi connectivity index (χ1) is 14.5. The van der Waals surface area contributed by atoms with Gasteiger partial charge in [0.2, 0.25) is 0 Å². The number of fused-ring (bicyclic) bond motifs is 2. The summed E-state index contributed by atoms with van der Waals surface area (Å²) in [7, 11) is 1.68. The minimum Gasteiger partial charge on any atom is -0.497 e. The van der Waals surface area contributed by atoms with E-state index in [4.69, 9.17) is 44.5 Å². The van der Waals surface area contributed by atoms with E-state index in [1.54, 1.807) is 7.11 Å². The van der Waals surface area contributed by atoms with Gasteiger partial charge in [0.05, 0.1) is 23.8 Å². The minimum absolute atomic E-state index is 0.287. The van der Waals surface area contributed by atoms with Crippen LogP contribution < -0.4 is 10.1 Å². The van der Waals surface area contributed by atoms with Crippen LogP contribution in [0.15, 0.2) is 36.4 Å². The molecule has 0 bridgehead atoms. The van der Waals surface area contributed by atoms with Gasteiger partial charge in [0.1, 0.15) is 5.75 Å². The van der Waals surface area contributed by atoms with E-state index in [0.717, 1.165) is 65.7 Å². The van der Waals surface area contributed by atoms with E-state index in [-0.39, 0.29) is 6.04 Å². The van der Waals surface area contributed by atoms with Crippen LogP contribution >= 0.6 is 34.8 Å². The van der Waals surface area contributed by atoms with E-state index in [1.165, 1.54) is 0 Å². The summed E-state index contributed by atoms with van der Waals surface area (Å²) in [6.07, 6.45) is 2.10. The van der Waals surface area contributed by atoms with Crippen LogP contribution in [0.25, 0.3) is 21.8 Å². The van der Waals surface area contributed by atoms with Crippen molar-refractivity contribution >= 4 is 62.3 Å². The Morgan fingerprint density at radius 2 is 1.77 bits per heavy atom. The van der Waals surface area contributed by atoms with Gasteiger partial charge in [-0.25, -0.2) is 4.98 Å². The number of hydrogen-bond acceptors (Lipinski definition) is 4. The highest BCUT2D eigenvalue weighted by atomic mass is 35.5. The number of hydrogen-bond donors (Lipinski definition) is 1. The van der Waals surface area contributed by atoms with Crippen LogP contribution in [0.1, 0.15) is 19.8 Å². The summed E-state index contributed by atoms with van der Waals surface area (Å²) in [5.74, 6) is 2.07. The largest absolute Gasteiger partial charge is 0.497 e. The molecule has 0 saturated heterocycles. The van der Waals surface area contributed by atoms with Crippen LogP contribution in [0, 0.1) is 0 Å². The van der Waals surface area contributed by atoms with Gasteiger partial charge in [0.15, 0.2) is 0 Å². The van der Waals surface area contributed by atoms with Crippen molar-refractivity contribution in [3.63, 3.8) is 0 Å². The zero-order chi connectivity index (χ0) is 21.5. The van der Waals surface area contributed by atoms with Gasteiger partial charge >= 0.3 is 0 Å². The van der Waals surface area contributed by atoms with Crippen LogP contribution in [-0.2, 0) is 0 Å². The molecule has 0 amide bonds. The Hall–Kier alpha value is -1.46. The van der Waals surface area contributed by atoms with Crippen LogP contribution in [0.5, 0.6) is 5.75 Å². The Balaban J connectivity index is 1.83. The zero-order valence-electron chi connectivity index (χ0n) is 17.4. The van der Waals surface area contributed by atoms with Crippen LogP contribution in [-0.4, -0.2) is 54.4 Å². The Morgan fingerprint density at radius 1 is 1.00 bits per heavy atom. The maximum Gasteiger partial charge on any atom is 0.119 e. The van der Waals surface area contributed by atoms with Gasteiger partial charge in [-0.2, -0.15) is 0 Å². The van der Waals surface area contributed by atoms with Crippen LogP contribution in [0.2, 0.25) is 5.02 Å². The lowest BCUT2D eigenvalue weighted by atomic mass is 10.1.